The minimum atomic E-state index is 0.121. The molecule has 2 heteroatoms. The van der Waals surface area contributed by atoms with Crippen molar-refractivity contribution in [2.45, 2.75) is 58.9 Å². The third kappa shape index (κ3) is 1.99. The lowest BCUT2D eigenvalue weighted by molar-refractivity contribution is 0.312. The molecule has 1 heterocycles. The maximum absolute atomic E-state index is 4.46. The Labute approximate surface area is 87.4 Å². The zero-order valence-electron chi connectivity index (χ0n) is 10.3. The lowest BCUT2D eigenvalue weighted by atomic mass is 9.93. The summed E-state index contributed by atoms with van der Waals surface area (Å²) in [5, 5.41) is 0. The summed E-state index contributed by atoms with van der Waals surface area (Å²) in [5.41, 5.74) is 0.287. The number of rotatable bonds is 2. The van der Waals surface area contributed by atoms with E-state index in [1.54, 1.807) is 0 Å². The molecule has 0 saturated carbocycles. The molecule has 0 aromatic carbocycles. The molecule has 0 spiro atoms. The van der Waals surface area contributed by atoms with E-state index in [1.165, 1.54) is 5.82 Å². The Kier molecular flexibility index (Phi) is 2.75. The van der Waals surface area contributed by atoms with Crippen molar-refractivity contribution in [1.29, 1.82) is 0 Å². The molecule has 1 rings (SSSR count). The minimum Gasteiger partial charge on any atom is -0.329 e. The zero-order valence-corrected chi connectivity index (χ0v) is 10.3. The van der Waals surface area contributed by atoms with Gasteiger partial charge in [-0.2, -0.15) is 0 Å². The van der Waals surface area contributed by atoms with Gasteiger partial charge in [-0.1, -0.05) is 27.7 Å². The second-order valence-corrected chi connectivity index (χ2v) is 5.54. The van der Waals surface area contributed by atoms with E-state index in [-0.39, 0.29) is 11.0 Å². The second kappa shape index (κ2) is 3.41. The number of hydrogen-bond donors (Lipinski definition) is 0. The molecule has 0 saturated heterocycles. The Morgan fingerprint density at radius 2 is 1.79 bits per heavy atom. The molecule has 80 valence electrons. The van der Waals surface area contributed by atoms with Gasteiger partial charge in [-0.15, -0.1) is 0 Å². The fraction of sp³-hybridized carbons (Fsp3) is 0.750. The summed E-state index contributed by atoms with van der Waals surface area (Å²) in [6, 6.07) is 0. The van der Waals surface area contributed by atoms with Crippen molar-refractivity contribution in [2.24, 2.45) is 0 Å². The molecule has 1 aromatic rings. The molecule has 0 N–H and O–H groups in total. The first-order valence-electron chi connectivity index (χ1n) is 5.33. The largest absolute Gasteiger partial charge is 0.329 e. The van der Waals surface area contributed by atoms with Crippen molar-refractivity contribution in [3.63, 3.8) is 0 Å². The van der Waals surface area contributed by atoms with Crippen LogP contribution < -0.4 is 0 Å². The fourth-order valence-electron chi connectivity index (χ4n) is 1.52. The van der Waals surface area contributed by atoms with Crippen LogP contribution in [0.5, 0.6) is 0 Å². The van der Waals surface area contributed by atoms with E-state index < -0.39 is 0 Å². The Balaban J connectivity index is 3.18. The smallest absolute Gasteiger partial charge is 0.114 e. The molecule has 0 aliphatic heterocycles. The lowest BCUT2D eigenvalue weighted by Crippen LogP contribution is -2.31. The highest BCUT2D eigenvalue weighted by molar-refractivity contribution is 5.08. The Morgan fingerprint density at radius 1 is 1.21 bits per heavy atom. The van der Waals surface area contributed by atoms with Gasteiger partial charge >= 0.3 is 0 Å². The molecule has 0 aliphatic carbocycles. The molecule has 0 fully saturated rings. The Hall–Kier alpha value is -0.790. The van der Waals surface area contributed by atoms with Crippen LogP contribution in [0.1, 0.15) is 53.8 Å². The fourth-order valence-corrected chi connectivity index (χ4v) is 1.52. The van der Waals surface area contributed by atoms with Gasteiger partial charge in [-0.3, -0.25) is 0 Å². The van der Waals surface area contributed by atoms with E-state index in [1.807, 2.05) is 6.20 Å². The molecular weight excluding hydrogens is 172 g/mol. The van der Waals surface area contributed by atoms with Gasteiger partial charge in [-0.25, -0.2) is 4.98 Å². The summed E-state index contributed by atoms with van der Waals surface area (Å²) in [6.07, 6.45) is 5.11. The van der Waals surface area contributed by atoms with Gasteiger partial charge in [0.15, 0.2) is 0 Å². The molecule has 0 unspecified atom stereocenters. The van der Waals surface area contributed by atoms with Crippen LogP contribution in [0.25, 0.3) is 0 Å². The predicted molar refractivity (Wildman–Crippen MR) is 60.5 cm³/mol. The van der Waals surface area contributed by atoms with Gasteiger partial charge in [0.1, 0.15) is 5.82 Å². The summed E-state index contributed by atoms with van der Waals surface area (Å²) in [5.74, 6) is 1.17. The maximum atomic E-state index is 4.46. The highest BCUT2D eigenvalue weighted by Gasteiger charge is 2.26. The van der Waals surface area contributed by atoms with Crippen LogP contribution >= 0.6 is 0 Å². The highest BCUT2D eigenvalue weighted by atomic mass is 15.1. The first-order valence-corrected chi connectivity index (χ1v) is 5.33. The van der Waals surface area contributed by atoms with Crippen molar-refractivity contribution in [3.8, 4) is 0 Å². The maximum Gasteiger partial charge on any atom is 0.114 e. The summed E-state index contributed by atoms with van der Waals surface area (Å²) < 4.78 is 2.30. The van der Waals surface area contributed by atoms with Crippen molar-refractivity contribution in [1.82, 2.24) is 9.55 Å². The van der Waals surface area contributed by atoms with Crippen LogP contribution in [0.2, 0.25) is 0 Å². The number of hydrogen-bond acceptors (Lipinski definition) is 1. The molecular formula is C12H22N2. The lowest BCUT2D eigenvalue weighted by Gasteiger charge is -2.31. The van der Waals surface area contributed by atoms with Crippen molar-refractivity contribution in [3.05, 3.63) is 18.2 Å². The monoisotopic (exact) mass is 194 g/mol. The van der Waals surface area contributed by atoms with Crippen molar-refractivity contribution >= 4 is 0 Å². The van der Waals surface area contributed by atoms with Gasteiger partial charge in [0.05, 0.1) is 0 Å². The summed E-state index contributed by atoms with van der Waals surface area (Å²) in [4.78, 5) is 4.46. The third-order valence-corrected chi connectivity index (χ3v) is 2.83. The molecule has 1 aromatic heterocycles. The number of nitrogens with zero attached hydrogens (tertiary/aromatic N) is 2. The topological polar surface area (TPSA) is 17.8 Å². The van der Waals surface area contributed by atoms with E-state index in [9.17, 15) is 0 Å². The summed E-state index contributed by atoms with van der Waals surface area (Å²) in [6.45, 7) is 13.3. The highest BCUT2D eigenvalue weighted by Crippen LogP contribution is 2.27. The SMILES string of the molecule is CCC(C)(C)n1ccnc1C(C)(C)C. The van der Waals surface area contributed by atoms with Gasteiger partial charge < -0.3 is 4.57 Å². The normalized spacial score (nSPS) is 13.3. The van der Waals surface area contributed by atoms with Gasteiger partial charge in [0.2, 0.25) is 0 Å². The van der Waals surface area contributed by atoms with Crippen molar-refractivity contribution < 1.29 is 0 Å². The van der Waals surface area contributed by atoms with Crippen LogP contribution in [0, 0.1) is 0 Å². The zero-order chi connectivity index (χ0) is 11.0. The first-order chi connectivity index (χ1) is 6.29. The molecule has 0 bridgehead atoms. The van der Waals surface area contributed by atoms with Crippen molar-refractivity contribution in [2.75, 3.05) is 0 Å². The van der Waals surface area contributed by atoms with E-state index in [0.29, 0.717) is 0 Å². The molecule has 2 nitrogen and oxygen atoms in total. The second-order valence-electron chi connectivity index (χ2n) is 5.54. The number of imidazole rings is 1. The summed E-state index contributed by atoms with van der Waals surface area (Å²) in [7, 11) is 0. The molecule has 0 atom stereocenters. The van der Waals surface area contributed by atoms with Gasteiger partial charge in [-0.05, 0) is 20.3 Å². The van der Waals surface area contributed by atoms with Crippen LogP contribution in [-0.4, -0.2) is 9.55 Å². The molecule has 0 aliphatic rings. The third-order valence-electron chi connectivity index (χ3n) is 2.83. The average molecular weight is 194 g/mol. The van der Waals surface area contributed by atoms with E-state index in [0.717, 1.165) is 6.42 Å². The molecule has 14 heavy (non-hydrogen) atoms. The average Bonchev–Trinajstić information content (AvgIpc) is 2.51. The van der Waals surface area contributed by atoms with Gasteiger partial charge in [0.25, 0.3) is 0 Å². The van der Waals surface area contributed by atoms with Crippen LogP contribution in [-0.2, 0) is 11.0 Å². The first kappa shape index (κ1) is 11.3. The summed E-state index contributed by atoms with van der Waals surface area (Å²) >= 11 is 0. The van der Waals surface area contributed by atoms with E-state index >= 15 is 0 Å². The Bertz CT molecular complexity index is 302. The molecule has 0 amide bonds. The van der Waals surface area contributed by atoms with Gasteiger partial charge in [0, 0.05) is 23.3 Å². The van der Waals surface area contributed by atoms with E-state index in [4.69, 9.17) is 0 Å². The van der Waals surface area contributed by atoms with Crippen LogP contribution in [0.4, 0.5) is 0 Å². The minimum absolute atomic E-state index is 0.121. The van der Waals surface area contributed by atoms with E-state index in [2.05, 4.69) is 57.3 Å². The predicted octanol–water partition coefficient (Wildman–Crippen LogP) is 3.33. The quantitative estimate of drug-likeness (QED) is 0.706. The van der Waals surface area contributed by atoms with Crippen LogP contribution in [0.3, 0.4) is 0 Å². The Morgan fingerprint density at radius 3 is 2.21 bits per heavy atom. The number of aromatic nitrogens is 2. The van der Waals surface area contributed by atoms with Crippen LogP contribution in [0.15, 0.2) is 12.4 Å². The standard InChI is InChI=1S/C12H22N2/c1-7-12(5,6)14-9-8-13-10(14)11(2,3)4/h8-9H,7H2,1-6H3. The molecule has 0 radical (unpaired) electrons.